The number of amides is 1. The number of aromatic nitrogens is 1. The van der Waals surface area contributed by atoms with Crippen LogP contribution in [0.5, 0.6) is 5.75 Å². The fourth-order valence-electron chi connectivity index (χ4n) is 3.22. The molecule has 4 rings (SSSR count). The summed E-state index contributed by atoms with van der Waals surface area (Å²) in [6.45, 7) is 2.03. The monoisotopic (exact) mass is 367 g/mol. The third-order valence-corrected chi connectivity index (χ3v) is 4.70. The summed E-state index contributed by atoms with van der Waals surface area (Å²) in [5, 5.41) is 4.23. The average molecular weight is 367 g/mol. The number of methoxy groups -OCH3 is 1. The third-order valence-electron chi connectivity index (χ3n) is 4.70. The summed E-state index contributed by atoms with van der Waals surface area (Å²) in [7, 11) is 1.42. The summed E-state index contributed by atoms with van der Waals surface area (Å²) in [6.07, 6.45) is 1.23. The van der Waals surface area contributed by atoms with Crippen molar-refractivity contribution < 1.29 is 18.3 Å². The van der Waals surface area contributed by atoms with Crippen LogP contribution in [0.2, 0.25) is 0 Å². The first-order valence-electron chi connectivity index (χ1n) is 8.70. The number of nitrogens with zero attached hydrogens (tertiary/aromatic N) is 2. The zero-order valence-electron chi connectivity index (χ0n) is 15.0. The van der Waals surface area contributed by atoms with Gasteiger partial charge < -0.3 is 9.15 Å². The first-order chi connectivity index (χ1) is 13.1. The smallest absolute Gasteiger partial charge is 0.240 e. The molecule has 138 valence electrons. The number of rotatable bonds is 4. The van der Waals surface area contributed by atoms with Crippen LogP contribution in [-0.4, -0.2) is 23.7 Å². The minimum atomic E-state index is -0.476. The Morgan fingerprint density at radius 2 is 2.07 bits per heavy atom. The van der Waals surface area contributed by atoms with Crippen LogP contribution >= 0.6 is 0 Å². The third kappa shape index (κ3) is 3.16. The van der Waals surface area contributed by atoms with Gasteiger partial charge in [0, 0.05) is 23.5 Å². The van der Waals surface area contributed by atoms with Crippen LogP contribution in [0.4, 0.5) is 4.39 Å². The van der Waals surface area contributed by atoms with Crippen LogP contribution in [0.1, 0.15) is 25.3 Å². The summed E-state index contributed by atoms with van der Waals surface area (Å²) in [5.74, 6) is 0.00946. The Labute approximate surface area is 155 Å². The lowest BCUT2D eigenvalue weighted by Crippen LogP contribution is -2.33. The lowest BCUT2D eigenvalue weighted by Gasteiger charge is -2.21. The highest BCUT2D eigenvalue weighted by Crippen LogP contribution is 2.29. The summed E-state index contributed by atoms with van der Waals surface area (Å²) in [5.41, 5.74) is 6.01. The van der Waals surface area contributed by atoms with Crippen LogP contribution in [0, 0.1) is 11.7 Å². The number of fused-ring (bicyclic) bond motifs is 1. The molecule has 2 heterocycles. The molecule has 1 N–H and O–H groups in total. The van der Waals surface area contributed by atoms with Gasteiger partial charge in [0.15, 0.2) is 17.1 Å². The van der Waals surface area contributed by atoms with Crippen molar-refractivity contribution in [2.75, 3.05) is 7.11 Å². The van der Waals surface area contributed by atoms with Crippen LogP contribution in [0.3, 0.4) is 0 Å². The van der Waals surface area contributed by atoms with Gasteiger partial charge in [-0.2, -0.15) is 5.10 Å². The molecule has 7 heteroatoms. The normalized spacial score (nSPS) is 16.9. The first kappa shape index (κ1) is 17.2. The highest BCUT2D eigenvalue weighted by molar-refractivity contribution is 6.07. The zero-order chi connectivity index (χ0) is 19.0. The highest BCUT2D eigenvalue weighted by Gasteiger charge is 2.24. The number of hydrazone groups is 1. The number of hydrogen-bond acceptors (Lipinski definition) is 5. The van der Waals surface area contributed by atoms with E-state index in [0.29, 0.717) is 29.0 Å². The second kappa shape index (κ2) is 6.83. The van der Waals surface area contributed by atoms with Gasteiger partial charge in [-0.3, -0.25) is 4.79 Å². The summed E-state index contributed by atoms with van der Waals surface area (Å²) < 4.78 is 24.7. The van der Waals surface area contributed by atoms with E-state index in [-0.39, 0.29) is 17.6 Å². The molecule has 0 saturated heterocycles. The number of carbonyl (C=O) groups excluding carboxylic acids is 1. The Morgan fingerprint density at radius 3 is 2.81 bits per heavy atom. The molecule has 1 amide bonds. The van der Waals surface area contributed by atoms with E-state index in [9.17, 15) is 9.18 Å². The molecule has 6 nitrogen and oxygen atoms in total. The Hall–Kier alpha value is -3.22. The van der Waals surface area contributed by atoms with Gasteiger partial charge in [-0.1, -0.05) is 13.0 Å². The first-order valence-corrected chi connectivity index (χ1v) is 8.70. The summed E-state index contributed by atoms with van der Waals surface area (Å²) in [4.78, 5) is 16.0. The topological polar surface area (TPSA) is 76.7 Å². The number of carbonyl (C=O) groups is 1. The van der Waals surface area contributed by atoms with E-state index in [0.717, 1.165) is 17.7 Å². The zero-order valence-corrected chi connectivity index (χ0v) is 15.0. The predicted molar refractivity (Wildman–Crippen MR) is 99.0 cm³/mol. The summed E-state index contributed by atoms with van der Waals surface area (Å²) in [6, 6.07) is 10.2. The Bertz CT molecular complexity index is 1060. The van der Waals surface area contributed by atoms with Gasteiger partial charge >= 0.3 is 0 Å². The number of hydrogen-bond donors (Lipinski definition) is 1. The van der Waals surface area contributed by atoms with E-state index < -0.39 is 5.82 Å². The van der Waals surface area contributed by atoms with E-state index in [1.807, 2.05) is 25.1 Å². The van der Waals surface area contributed by atoms with E-state index in [2.05, 4.69) is 15.5 Å². The highest BCUT2D eigenvalue weighted by atomic mass is 19.1. The van der Waals surface area contributed by atoms with Crippen molar-refractivity contribution in [3.05, 3.63) is 47.8 Å². The molecule has 1 aromatic heterocycles. The van der Waals surface area contributed by atoms with Crippen LogP contribution in [0.15, 0.2) is 45.9 Å². The number of oxazole rings is 1. The lowest BCUT2D eigenvalue weighted by molar-refractivity contribution is -0.122. The molecular weight excluding hydrogens is 349 g/mol. The standard InChI is InChI=1S/C20H18FN3O3/c1-3-11-10-18(25)23-24-19(11)12-4-6-15-17(9-12)27-20(22-15)13-5-7-16(26-2)14(21)8-13/h4-9,11H,3,10H2,1-2H3,(H,23,25). The molecule has 2 aromatic carbocycles. The Balaban J connectivity index is 1.72. The van der Waals surface area contributed by atoms with E-state index in [1.165, 1.54) is 19.2 Å². The molecule has 1 aliphatic rings. The molecule has 1 unspecified atom stereocenters. The van der Waals surface area contributed by atoms with Gasteiger partial charge in [-0.15, -0.1) is 0 Å². The van der Waals surface area contributed by atoms with Crippen molar-refractivity contribution in [1.29, 1.82) is 0 Å². The largest absolute Gasteiger partial charge is 0.494 e. The number of nitrogens with one attached hydrogen (secondary N) is 1. The van der Waals surface area contributed by atoms with Crippen molar-refractivity contribution in [3.63, 3.8) is 0 Å². The predicted octanol–water partition coefficient (Wildman–Crippen LogP) is 3.89. The Kier molecular flexibility index (Phi) is 4.35. The maximum Gasteiger partial charge on any atom is 0.240 e. The quantitative estimate of drug-likeness (QED) is 0.759. The SMILES string of the molecule is CCC1CC(=O)NN=C1c1ccc2nc(-c3ccc(OC)c(F)c3)oc2c1. The second-order valence-electron chi connectivity index (χ2n) is 6.39. The Morgan fingerprint density at radius 1 is 1.26 bits per heavy atom. The molecule has 3 aromatic rings. The minimum absolute atomic E-state index is 0.0641. The van der Waals surface area contributed by atoms with Gasteiger partial charge in [0.25, 0.3) is 0 Å². The van der Waals surface area contributed by atoms with Crippen LogP contribution in [0.25, 0.3) is 22.6 Å². The van der Waals surface area contributed by atoms with Gasteiger partial charge in [0.05, 0.1) is 12.8 Å². The molecule has 1 aliphatic heterocycles. The fourth-order valence-corrected chi connectivity index (χ4v) is 3.22. The van der Waals surface area contributed by atoms with Crippen molar-refractivity contribution in [2.24, 2.45) is 11.0 Å². The van der Waals surface area contributed by atoms with Crippen molar-refractivity contribution >= 4 is 22.7 Å². The van der Waals surface area contributed by atoms with Crippen LogP contribution < -0.4 is 10.2 Å². The molecular formula is C20H18FN3O3. The minimum Gasteiger partial charge on any atom is -0.494 e. The van der Waals surface area contributed by atoms with Gasteiger partial charge in [0.2, 0.25) is 11.8 Å². The maximum absolute atomic E-state index is 14.0. The van der Waals surface area contributed by atoms with Crippen molar-refractivity contribution in [1.82, 2.24) is 10.4 Å². The molecule has 27 heavy (non-hydrogen) atoms. The number of benzene rings is 2. The van der Waals surface area contributed by atoms with Crippen molar-refractivity contribution in [2.45, 2.75) is 19.8 Å². The number of ether oxygens (including phenoxy) is 1. The molecule has 1 atom stereocenters. The maximum atomic E-state index is 14.0. The van der Waals surface area contributed by atoms with Gasteiger partial charge in [0.1, 0.15) is 5.52 Å². The van der Waals surface area contributed by atoms with Gasteiger partial charge in [-0.25, -0.2) is 14.8 Å². The number of halogens is 1. The molecule has 0 fully saturated rings. The second-order valence-corrected chi connectivity index (χ2v) is 6.39. The molecule has 0 bridgehead atoms. The van der Waals surface area contributed by atoms with E-state index in [4.69, 9.17) is 9.15 Å². The molecule has 0 aliphatic carbocycles. The van der Waals surface area contributed by atoms with Crippen molar-refractivity contribution in [3.8, 4) is 17.2 Å². The van der Waals surface area contributed by atoms with E-state index in [1.54, 1.807) is 6.07 Å². The summed E-state index contributed by atoms with van der Waals surface area (Å²) >= 11 is 0. The average Bonchev–Trinajstić information content (AvgIpc) is 3.11. The fraction of sp³-hybridized carbons (Fsp3) is 0.250. The van der Waals surface area contributed by atoms with Gasteiger partial charge in [-0.05, 0) is 36.8 Å². The van der Waals surface area contributed by atoms with Crippen LogP contribution in [-0.2, 0) is 4.79 Å². The van der Waals surface area contributed by atoms with E-state index >= 15 is 0 Å². The molecule has 0 radical (unpaired) electrons. The molecule has 0 spiro atoms. The lowest BCUT2D eigenvalue weighted by atomic mass is 9.90. The molecule has 0 saturated carbocycles.